The predicted molar refractivity (Wildman–Crippen MR) is 101 cm³/mol. The topological polar surface area (TPSA) is 69.8 Å². The van der Waals surface area contributed by atoms with Gasteiger partial charge in [-0.1, -0.05) is 18.2 Å². The highest BCUT2D eigenvalue weighted by Crippen LogP contribution is 2.13. The van der Waals surface area contributed by atoms with Crippen LogP contribution >= 0.6 is 0 Å². The van der Waals surface area contributed by atoms with Gasteiger partial charge in [0.05, 0.1) is 6.54 Å². The van der Waals surface area contributed by atoms with Crippen LogP contribution in [0.1, 0.15) is 11.4 Å². The van der Waals surface area contributed by atoms with Crippen LogP contribution in [-0.2, 0) is 13.1 Å². The van der Waals surface area contributed by atoms with Crippen molar-refractivity contribution in [3.05, 3.63) is 60.0 Å². The minimum atomic E-state index is 0.544. The van der Waals surface area contributed by atoms with Crippen molar-refractivity contribution in [3.63, 3.8) is 0 Å². The monoisotopic (exact) mass is 337 g/mol. The molecule has 25 heavy (non-hydrogen) atoms. The first-order chi connectivity index (χ1) is 12.2. The molecule has 0 aliphatic carbocycles. The lowest BCUT2D eigenvalue weighted by Crippen LogP contribution is -2.36. The lowest BCUT2D eigenvalue weighted by atomic mass is 10.2. The van der Waals surface area contributed by atoms with Crippen LogP contribution in [0.2, 0.25) is 0 Å². The van der Waals surface area contributed by atoms with Crippen molar-refractivity contribution in [2.75, 3.05) is 26.0 Å². The number of fused-ring (bicyclic) bond motifs is 1. The molecule has 0 radical (unpaired) electrons. The molecule has 0 fully saturated rings. The molecule has 0 atom stereocenters. The largest absolute Gasteiger partial charge is 0.378 e. The van der Waals surface area contributed by atoms with Crippen LogP contribution in [0.25, 0.3) is 5.65 Å². The highest BCUT2D eigenvalue weighted by Gasteiger charge is 2.06. The fourth-order valence-electron chi connectivity index (χ4n) is 2.53. The summed E-state index contributed by atoms with van der Waals surface area (Å²) in [4.78, 5) is 6.36. The van der Waals surface area contributed by atoms with Gasteiger partial charge in [-0.05, 0) is 29.8 Å². The molecule has 3 aromatic rings. The van der Waals surface area contributed by atoms with Gasteiger partial charge in [-0.2, -0.15) is 0 Å². The molecule has 0 aliphatic heterocycles. The molecule has 0 saturated carbocycles. The van der Waals surface area contributed by atoms with Crippen molar-refractivity contribution >= 4 is 17.3 Å². The van der Waals surface area contributed by atoms with Crippen molar-refractivity contribution in [2.24, 2.45) is 4.99 Å². The van der Waals surface area contributed by atoms with E-state index in [1.165, 1.54) is 11.3 Å². The van der Waals surface area contributed by atoms with E-state index in [1.807, 2.05) is 42.9 Å². The average molecular weight is 337 g/mol. The lowest BCUT2D eigenvalue weighted by Gasteiger charge is -2.15. The summed E-state index contributed by atoms with van der Waals surface area (Å²) in [7, 11) is 5.83. The Kier molecular flexibility index (Phi) is 5.13. The fraction of sp³-hybridized carbons (Fsp3) is 0.278. The van der Waals surface area contributed by atoms with E-state index in [0.29, 0.717) is 13.1 Å². The van der Waals surface area contributed by atoms with Gasteiger partial charge in [0.1, 0.15) is 0 Å². The van der Waals surface area contributed by atoms with E-state index in [0.717, 1.165) is 17.4 Å². The first-order valence-electron chi connectivity index (χ1n) is 8.17. The molecule has 7 nitrogen and oxygen atoms in total. The first-order valence-corrected chi connectivity index (χ1v) is 8.17. The smallest absolute Gasteiger partial charge is 0.191 e. The van der Waals surface area contributed by atoms with Crippen LogP contribution in [-0.4, -0.2) is 41.7 Å². The Balaban J connectivity index is 1.59. The molecule has 2 heterocycles. The Bertz CT molecular complexity index is 866. The van der Waals surface area contributed by atoms with Crippen LogP contribution in [0.5, 0.6) is 0 Å². The Hall–Kier alpha value is -3.09. The SMILES string of the molecule is CN=C(NCc1cccc(N(C)C)c1)NCc1nnc2ccccn12. The zero-order chi connectivity index (χ0) is 17.6. The number of nitrogens with one attached hydrogen (secondary N) is 2. The number of hydrogen-bond acceptors (Lipinski definition) is 4. The summed E-state index contributed by atoms with van der Waals surface area (Å²) in [5, 5.41) is 15.0. The average Bonchev–Trinajstić information content (AvgIpc) is 3.05. The van der Waals surface area contributed by atoms with E-state index in [-0.39, 0.29) is 0 Å². The predicted octanol–water partition coefficient (Wildman–Crippen LogP) is 1.66. The molecule has 7 heteroatoms. The Labute approximate surface area is 147 Å². The maximum Gasteiger partial charge on any atom is 0.191 e. The van der Waals surface area contributed by atoms with E-state index < -0.39 is 0 Å². The number of hydrogen-bond donors (Lipinski definition) is 2. The molecule has 0 amide bonds. The summed E-state index contributed by atoms with van der Waals surface area (Å²) in [6, 6.07) is 14.2. The number of anilines is 1. The lowest BCUT2D eigenvalue weighted by molar-refractivity contribution is 0.762. The molecule has 1 aromatic carbocycles. The van der Waals surface area contributed by atoms with E-state index in [4.69, 9.17) is 0 Å². The summed E-state index contributed by atoms with van der Waals surface area (Å²) >= 11 is 0. The van der Waals surface area contributed by atoms with Crippen molar-refractivity contribution in [2.45, 2.75) is 13.1 Å². The van der Waals surface area contributed by atoms with E-state index in [2.05, 4.69) is 55.0 Å². The van der Waals surface area contributed by atoms with E-state index in [1.54, 1.807) is 7.05 Å². The molecule has 0 saturated heterocycles. The highest BCUT2D eigenvalue weighted by molar-refractivity contribution is 5.79. The van der Waals surface area contributed by atoms with Crippen molar-refractivity contribution in [1.29, 1.82) is 0 Å². The van der Waals surface area contributed by atoms with Crippen LogP contribution in [0, 0.1) is 0 Å². The van der Waals surface area contributed by atoms with Gasteiger partial charge in [-0.3, -0.25) is 9.39 Å². The van der Waals surface area contributed by atoms with E-state index in [9.17, 15) is 0 Å². The summed E-state index contributed by atoms with van der Waals surface area (Å²) < 4.78 is 1.96. The van der Waals surface area contributed by atoms with Gasteiger partial charge in [0.25, 0.3) is 0 Å². The molecule has 0 aliphatic rings. The van der Waals surface area contributed by atoms with Gasteiger partial charge in [0.2, 0.25) is 0 Å². The minimum absolute atomic E-state index is 0.544. The van der Waals surface area contributed by atoms with E-state index >= 15 is 0 Å². The molecule has 130 valence electrons. The second kappa shape index (κ2) is 7.65. The van der Waals surface area contributed by atoms with Crippen LogP contribution in [0.15, 0.2) is 53.7 Å². The Morgan fingerprint density at radius 1 is 1.08 bits per heavy atom. The van der Waals surface area contributed by atoms with Crippen molar-refractivity contribution in [3.8, 4) is 0 Å². The number of pyridine rings is 1. The molecule has 2 N–H and O–H groups in total. The van der Waals surface area contributed by atoms with Crippen LogP contribution in [0.4, 0.5) is 5.69 Å². The number of nitrogens with zero attached hydrogens (tertiary/aromatic N) is 5. The van der Waals surface area contributed by atoms with Gasteiger partial charge in [0, 0.05) is 39.6 Å². The minimum Gasteiger partial charge on any atom is -0.378 e. The van der Waals surface area contributed by atoms with Gasteiger partial charge in [-0.15, -0.1) is 10.2 Å². The fourth-order valence-corrected chi connectivity index (χ4v) is 2.53. The summed E-state index contributed by atoms with van der Waals surface area (Å²) in [5.74, 6) is 1.57. The van der Waals surface area contributed by atoms with Crippen LogP contribution in [0.3, 0.4) is 0 Å². The zero-order valence-electron chi connectivity index (χ0n) is 14.8. The quantitative estimate of drug-likeness (QED) is 0.547. The third-order valence-corrected chi connectivity index (χ3v) is 3.91. The summed E-state index contributed by atoms with van der Waals surface area (Å²) in [5.41, 5.74) is 3.21. The summed E-state index contributed by atoms with van der Waals surface area (Å²) in [6.07, 6.45) is 1.95. The summed E-state index contributed by atoms with van der Waals surface area (Å²) in [6.45, 7) is 1.24. The third-order valence-electron chi connectivity index (χ3n) is 3.91. The standard InChI is InChI=1S/C18H23N7/c1-19-18(20-12-14-7-6-8-15(11-14)24(2)3)21-13-17-23-22-16-9-4-5-10-25(16)17/h4-11H,12-13H2,1-3H3,(H2,19,20,21). The van der Waals surface area contributed by atoms with Gasteiger partial charge >= 0.3 is 0 Å². The van der Waals surface area contributed by atoms with Crippen molar-refractivity contribution < 1.29 is 0 Å². The molecule has 2 aromatic heterocycles. The number of rotatable bonds is 5. The highest BCUT2D eigenvalue weighted by atomic mass is 15.3. The molecular weight excluding hydrogens is 314 g/mol. The normalized spacial score (nSPS) is 11.6. The second-order valence-electron chi connectivity index (χ2n) is 5.89. The number of aliphatic imine (C=N–C) groups is 1. The molecule has 0 spiro atoms. The maximum absolute atomic E-state index is 4.27. The maximum atomic E-state index is 4.27. The number of benzene rings is 1. The zero-order valence-corrected chi connectivity index (χ0v) is 14.8. The molecule has 0 unspecified atom stereocenters. The number of aromatic nitrogens is 3. The Morgan fingerprint density at radius 3 is 2.72 bits per heavy atom. The molecular formula is C18H23N7. The Morgan fingerprint density at radius 2 is 1.92 bits per heavy atom. The van der Waals surface area contributed by atoms with Gasteiger partial charge in [-0.25, -0.2) is 0 Å². The molecule has 0 bridgehead atoms. The molecule has 3 rings (SSSR count). The third kappa shape index (κ3) is 4.06. The van der Waals surface area contributed by atoms with Crippen LogP contribution < -0.4 is 15.5 Å². The van der Waals surface area contributed by atoms with Gasteiger partial charge < -0.3 is 15.5 Å². The van der Waals surface area contributed by atoms with Gasteiger partial charge in [0.15, 0.2) is 17.4 Å². The number of guanidine groups is 1. The second-order valence-corrected chi connectivity index (χ2v) is 5.89. The van der Waals surface area contributed by atoms with Crippen molar-refractivity contribution in [1.82, 2.24) is 25.2 Å². The first kappa shape index (κ1) is 16.8.